The van der Waals surface area contributed by atoms with Crippen LogP contribution in [-0.4, -0.2) is 19.2 Å². The summed E-state index contributed by atoms with van der Waals surface area (Å²) in [5, 5.41) is 3.29. The molecular weight excluding hydrogens is 210 g/mol. The highest BCUT2D eigenvalue weighted by Gasteiger charge is 2.32. The van der Waals surface area contributed by atoms with Gasteiger partial charge in [-0.05, 0) is 25.5 Å². The summed E-state index contributed by atoms with van der Waals surface area (Å²) in [6.45, 7) is 1.71. The van der Waals surface area contributed by atoms with Crippen LogP contribution in [0.25, 0.3) is 0 Å². The topological polar surface area (TPSA) is 21.3 Å². The molecule has 0 aliphatic heterocycles. The van der Waals surface area contributed by atoms with Crippen molar-refractivity contribution in [2.45, 2.75) is 44.3 Å². The Morgan fingerprint density at radius 2 is 1.82 bits per heavy atom. The highest BCUT2D eigenvalue weighted by molar-refractivity contribution is 5.13. The van der Waals surface area contributed by atoms with Crippen LogP contribution in [-0.2, 0) is 11.3 Å². The summed E-state index contributed by atoms with van der Waals surface area (Å²) in [5.74, 6) is 0. The molecule has 1 aromatic carbocycles. The molecule has 1 aromatic rings. The molecule has 0 heterocycles. The fourth-order valence-corrected chi connectivity index (χ4v) is 2.70. The average molecular weight is 233 g/mol. The molecule has 2 heteroatoms. The van der Waals surface area contributed by atoms with Gasteiger partial charge < -0.3 is 10.1 Å². The van der Waals surface area contributed by atoms with E-state index in [1.165, 1.54) is 37.7 Å². The number of benzene rings is 1. The van der Waals surface area contributed by atoms with Gasteiger partial charge >= 0.3 is 0 Å². The third-order valence-electron chi connectivity index (χ3n) is 3.65. The molecule has 2 rings (SSSR count). The van der Waals surface area contributed by atoms with Gasteiger partial charge in [0.2, 0.25) is 0 Å². The predicted molar refractivity (Wildman–Crippen MR) is 71.0 cm³/mol. The monoisotopic (exact) mass is 233 g/mol. The average Bonchev–Trinajstić information content (AvgIpc) is 2.39. The van der Waals surface area contributed by atoms with Crippen LogP contribution in [0.3, 0.4) is 0 Å². The van der Waals surface area contributed by atoms with Crippen molar-refractivity contribution in [2.75, 3.05) is 13.6 Å². The molecule has 0 atom stereocenters. The molecule has 0 saturated heterocycles. The fourth-order valence-electron chi connectivity index (χ4n) is 2.70. The molecular formula is C15H23NO. The van der Waals surface area contributed by atoms with Crippen molar-refractivity contribution in [2.24, 2.45) is 0 Å². The Kier molecular flexibility index (Phi) is 4.57. The van der Waals surface area contributed by atoms with E-state index in [-0.39, 0.29) is 5.60 Å². The van der Waals surface area contributed by atoms with E-state index < -0.39 is 0 Å². The molecule has 0 amide bonds. The highest BCUT2D eigenvalue weighted by atomic mass is 16.5. The number of hydrogen-bond acceptors (Lipinski definition) is 2. The van der Waals surface area contributed by atoms with Gasteiger partial charge in [0.25, 0.3) is 0 Å². The van der Waals surface area contributed by atoms with Crippen molar-refractivity contribution < 1.29 is 4.74 Å². The Labute approximate surface area is 104 Å². The van der Waals surface area contributed by atoms with Gasteiger partial charge in [-0.15, -0.1) is 0 Å². The second-order valence-corrected chi connectivity index (χ2v) is 5.05. The van der Waals surface area contributed by atoms with E-state index >= 15 is 0 Å². The van der Waals surface area contributed by atoms with Gasteiger partial charge in [-0.25, -0.2) is 0 Å². The number of rotatable bonds is 5. The molecule has 0 bridgehead atoms. The Morgan fingerprint density at radius 1 is 1.12 bits per heavy atom. The van der Waals surface area contributed by atoms with E-state index in [4.69, 9.17) is 4.74 Å². The van der Waals surface area contributed by atoms with Crippen LogP contribution in [0.2, 0.25) is 0 Å². The van der Waals surface area contributed by atoms with Gasteiger partial charge in [0.1, 0.15) is 0 Å². The Balaban J connectivity index is 1.93. The maximum atomic E-state index is 6.23. The zero-order valence-electron chi connectivity index (χ0n) is 10.7. The largest absolute Gasteiger partial charge is 0.369 e. The van der Waals surface area contributed by atoms with E-state index in [2.05, 4.69) is 29.6 Å². The van der Waals surface area contributed by atoms with Crippen LogP contribution in [0.4, 0.5) is 0 Å². The minimum Gasteiger partial charge on any atom is -0.369 e. The Bertz CT molecular complexity index is 311. The van der Waals surface area contributed by atoms with Gasteiger partial charge in [-0.2, -0.15) is 0 Å². The van der Waals surface area contributed by atoms with Gasteiger partial charge in [-0.1, -0.05) is 49.6 Å². The normalized spacial score (nSPS) is 19.1. The zero-order chi connectivity index (χ0) is 12.0. The second kappa shape index (κ2) is 6.18. The van der Waals surface area contributed by atoms with Gasteiger partial charge in [0, 0.05) is 6.54 Å². The number of nitrogens with one attached hydrogen (secondary N) is 1. The van der Waals surface area contributed by atoms with Crippen molar-refractivity contribution in [3.63, 3.8) is 0 Å². The molecule has 0 unspecified atom stereocenters. The molecule has 0 radical (unpaired) electrons. The standard InChI is InChI=1S/C15H23NO/c1-16-13-15(10-6-3-7-11-15)17-12-14-8-4-2-5-9-14/h2,4-5,8-9,16H,3,6-7,10-13H2,1H3. The number of ether oxygens (including phenoxy) is 1. The molecule has 1 saturated carbocycles. The van der Waals surface area contributed by atoms with Gasteiger partial charge in [-0.3, -0.25) is 0 Å². The lowest BCUT2D eigenvalue weighted by molar-refractivity contribution is -0.0775. The summed E-state index contributed by atoms with van der Waals surface area (Å²) < 4.78 is 6.23. The first-order chi connectivity index (χ1) is 8.35. The van der Waals surface area contributed by atoms with Crippen LogP contribution in [0, 0.1) is 0 Å². The van der Waals surface area contributed by atoms with Crippen LogP contribution >= 0.6 is 0 Å². The Hall–Kier alpha value is -0.860. The van der Waals surface area contributed by atoms with E-state index in [9.17, 15) is 0 Å². The summed E-state index contributed by atoms with van der Waals surface area (Å²) in [5.41, 5.74) is 1.34. The van der Waals surface area contributed by atoms with Crippen LogP contribution < -0.4 is 5.32 Å². The molecule has 1 aliphatic carbocycles. The molecule has 1 N–H and O–H groups in total. The van der Waals surface area contributed by atoms with Crippen LogP contribution in [0.1, 0.15) is 37.7 Å². The molecule has 0 aromatic heterocycles. The summed E-state index contributed by atoms with van der Waals surface area (Å²) in [4.78, 5) is 0. The van der Waals surface area contributed by atoms with E-state index in [0.717, 1.165) is 13.2 Å². The summed E-state index contributed by atoms with van der Waals surface area (Å²) >= 11 is 0. The first kappa shape index (κ1) is 12.6. The third-order valence-corrected chi connectivity index (χ3v) is 3.65. The fraction of sp³-hybridized carbons (Fsp3) is 0.600. The van der Waals surface area contributed by atoms with Gasteiger partial charge in [0.15, 0.2) is 0 Å². The van der Waals surface area contributed by atoms with Gasteiger partial charge in [0.05, 0.1) is 12.2 Å². The first-order valence-electron chi connectivity index (χ1n) is 6.67. The van der Waals surface area contributed by atoms with Crippen molar-refractivity contribution in [3.8, 4) is 0 Å². The second-order valence-electron chi connectivity index (χ2n) is 5.05. The summed E-state index contributed by atoms with van der Waals surface area (Å²) in [6.07, 6.45) is 6.36. The quantitative estimate of drug-likeness (QED) is 0.843. The SMILES string of the molecule is CNCC1(OCc2ccccc2)CCCCC1. The lowest BCUT2D eigenvalue weighted by Crippen LogP contribution is -2.43. The van der Waals surface area contributed by atoms with E-state index in [0.29, 0.717) is 0 Å². The third kappa shape index (κ3) is 3.55. The van der Waals surface area contributed by atoms with Crippen molar-refractivity contribution in [1.82, 2.24) is 5.32 Å². The number of hydrogen-bond donors (Lipinski definition) is 1. The van der Waals surface area contributed by atoms with Crippen LogP contribution in [0.5, 0.6) is 0 Å². The first-order valence-corrected chi connectivity index (χ1v) is 6.67. The molecule has 1 fully saturated rings. The molecule has 17 heavy (non-hydrogen) atoms. The maximum Gasteiger partial charge on any atom is 0.0810 e. The van der Waals surface area contributed by atoms with Crippen molar-refractivity contribution >= 4 is 0 Å². The maximum absolute atomic E-state index is 6.23. The van der Waals surface area contributed by atoms with Crippen LogP contribution in [0.15, 0.2) is 30.3 Å². The molecule has 0 spiro atoms. The lowest BCUT2D eigenvalue weighted by Gasteiger charge is -2.37. The molecule has 2 nitrogen and oxygen atoms in total. The Morgan fingerprint density at radius 3 is 2.47 bits per heavy atom. The summed E-state index contributed by atoms with van der Waals surface area (Å²) in [6, 6.07) is 10.5. The van der Waals surface area contributed by atoms with Crippen molar-refractivity contribution in [1.29, 1.82) is 0 Å². The smallest absolute Gasteiger partial charge is 0.0810 e. The minimum atomic E-state index is 0.0723. The molecule has 1 aliphatic rings. The number of likely N-dealkylation sites (N-methyl/N-ethyl adjacent to an activating group) is 1. The highest BCUT2D eigenvalue weighted by Crippen LogP contribution is 2.31. The van der Waals surface area contributed by atoms with E-state index in [1.54, 1.807) is 0 Å². The predicted octanol–water partition coefficient (Wildman–Crippen LogP) is 3.13. The molecule has 94 valence electrons. The zero-order valence-corrected chi connectivity index (χ0v) is 10.7. The lowest BCUT2D eigenvalue weighted by atomic mass is 9.84. The summed E-state index contributed by atoms with van der Waals surface area (Å²) in [7, 11) is 2.02. The van der Waals surface area contributed by atoms with E-state index in [1.807, 2.05) is 13.1 Å². The van der Waals surface area contributed by atoms with Crippen molar-refractivity contribution in [3.05, 3.63) is 35.9 Å². The minimum absolute atomic E-state index is 0.0723.